The molecule has 0 aliphatic heterocycles. The van der Waals surface area contributed by atoms with Crippen LogP contribution >= 0.6 is 11.3 Å². The van der Waals surface area contributed by atoms with Gasteiger partial charge in [0.1, 0.15) is 5.76 Å². The van der Waals surface area contributed by atoms with Crippen molar-refractivity contribution in [1.29, 1.82) is 0 Å². The highest BCUT2D eigenvalue weighted by Crippen LogP contribution is 2.08. The zero-order valence-electron chi connectivity index (χ0n) is 12.9. The van der Waals surface area contributed by atoms with Gasteiger partial charge in [0.15, 0.2) is 5.96 Å². The summed E-state index contributed by atoms with van der Waals surface area (Å²) in [7, 11) is 1.68. The third-order valence-electron chi connectivity index (χ3n) is 3.05. The molecule has 2 aromatic heterocycles. The van der Waals surface area contributed by atoms with E-state index in [-0.39, 0.29) is 0 Å². The second kappa shape index (κ2) is 10.0. The Bertz CT molecular complexity index is 481. The summed E-state index contributed by atoms with van der Waals surface area (Å²) in [4.78, 5) is 5.87. The number of aliphatic imine (C=N–C) groups is 1. The second-order valence-corrected chi connectivity index (χ2v) is 5.77. The quantitative estimate of drug-likeness (QED) is 0.423. The molecule has 0 saturated carbocycles. The Balaban J connectivity index is 1.73. The molecule has 0 aliphatic carbocycles. The molecule has 2 heterocycles. The summed E-state index contributed by atoms with van der Waals surface area (Å²) in [5.41, 5.74) is 0. The average Bonchev–Trinajstić information content (AvgIpc) is 3.20. The van der Waals surface area contributed by atoms with Crippen molar-refractivity contribution in [3.8, 4) is 0 Å². The largest absolute Gasteiger partial charge is 0.469 e. The molecule has 0 aromatic carbocycles. The predicted octanol–water partition coefficient (Wildman–Crippen LogP) is 2.31. The molecule has 0 fully saturated rings. The van der Waals surface area contributed by atoms with Gasteiger partial charge < -0.3 is 19.8 Å². The molecule has 120 valence electrons. The SMILES string of the molecule is COCCN=C(NCCc1ccco1)NCCc1cccs1. The number of hydrogen-bond acceptors (Lipinski definition) is 4. The Kier molecular flexibility index (Phi) is 7.55. The van der Waals surface area contributed by atoms with Crippen LogP contribution in [0.2, 0.25) is 0 Å². The summed E-state index contributed by atoms with van der Waals surface area (Å²) in [5, 5.41) is 8.78. The first-order valence-electron chi connectivity index (χ1n) is 7.44. The molecule has 6 heteroatoms. The van der Waals surface area contributed by atoms with Crippen LogP contribution in [0.25, 0.3) is 0 Å². The smallest absolute Gasteiger partial charge is 0.191 e. The van der Waals surface area contributed by atoms with Gasteiger partial charge in [-0.3, -0.25) is 4.99 Å². The number of ether oxygens (including phenoxy) is 1. The lowest BCUT2D eigenvalue weighted by molar-refractivity contribution is 0.208. The van der Waals surface area contributed by atoms with Gasteiger partial charge in [-0.25, -0.2) is 0 Å². The number of methoxy groups -OCH3 is 1. The first-order valence-corrected chi connectivity index (χ1v) is 8.32. The van der Waals surface area contributed by atoms with E-state index in [1.807, 2.05) is 12.1 Å². The van der Waals surface area contributed by atoms with Crippen LogP contribution in [-0.2, 0) is 17.6 Å². The van der Waals surface area contributed by atoms with E-state index in [1.54, 1.807) is 24.7 Å². The highest BCUT2D eigenvalue weighted by molar-refractivity contribution is 7.09. The predicted molar refractivity (Wildman–Crippen MR) is 90.6 cm³/mol. The van der Waals surface area contributed by atoms with Crippen molar-refractivity contribution >= 4 is 17.3 Å². The zero-order valence-corrected chi connectivity index (χ0v) is 13.7. The molecule has 0 saturated heterocycles. The topological polar surface area (TPSA) is 58.8 Å². The summed E-state index contributed by atoms with van der Waals surface area (Å²) in [6.07, 6.45) is 3.53. The van der Waals surface area contributed by atoms with Crippen LogP contribution in [0.3, 0.4) is 0 Å². The fourth-order valence-corrected chi connectivity index (χ4v) is 2.65. The van der Waals surface area contributed by atoms with Gasteiger partial charge in [-0.15, -0.1) is 11.3 Å². The van der Waals surface area contributed by atoms with Crippen molar-refractivity contribution in [2.24, 2.45) is 4.99 Å². The molecule has 0 atom stereocenters. The molecule has 22 heavy (non-hydrogen) atoms. The number of guanidine groups is 1. The molecule has 0 amide bonds. The van der Waals surface area contributed by atoms with E-state index in [0.717, 1.165) is 37.7 Å². The first kappa shape index (κ1) is 16.6. The minimum atomic E-state index is 0.621. The van der Waals surface area contributed by atoms with Crippen LogP contribution in [0.4, 0.5) is 0 Å². The molecule has 0 bridgehead atoms. The molecular formula is C16H23N3O2S. The van der Waals surface area contributed by atoms with E-state index >= 15 is 0 Å². The molecule has 0 spiro atoms. The molecule has 5 nitrogen and oxygen atoms in total. The molecular weight excluding hydrogens is 298 g/mol. The van der Waals surface area contributed by atoms with Crippen molar-refractivity contribution in [1.82, 2.24) is 10.6 Å². The number of nitrogens with one attached hydrogen (secondary N) is 2. The van der Waals surface area contributed by atoms with Crippen LogP contribution < -0.4 is 10.6 Å². The van der Waals surface area contributed by atoms with Crippen LogP contribution in [0.15, 0.2) is 45.3 Å². The zero-order chi connectivity index (χ0) is 15.5. The summed E-state index contributed by atoms with van der Waals surface area (Å²) in [5.74, 6) is 1.79. The third-order valence-corrected chi connectivity index (χ3v) is 3.99. The Morgan fingerprint density at radius 3 is 2.77 bits per heavy atom. The number of hydrogen-bond donors (Lipinski definition) is 2. The van der Waals surface area contributed by atoms with Crippen molar-refractivity contribution < 1.29 is 9.15 Å². The number of nitrogens with zero attached hydrogens (tertiary/aromatic N) is 1. The normalized spacial score (nSPS) is 11.6. The van der Waals surface area contributed by atoms with Gasteiger partial charge in [0, 0.05) is 31.5 Å². The van der Waals surface area contributed by atoms with Gasteiger partial charge in [-0.1, -0.05) is 6.07 Å². The molecule has 2 aromatic rings. The number of furan rings is 1. The molecule has 0 aliphatic rings. The number of rotatable bonds is 9. The van der Waals surface area contributed by atoms with Crippen LogP contribution in [-0.4, -0.2) is 39.3 Å². The van der Waals surface area contributed by atoms with Gasteiger partial charge in [0.2, 0.25) is 0 Å². The van der Waals surface area contributed by atoms with Crippen LogP contribution in [0, 0.1) is 0 Å². The highest BCUT2D eigenvalue weighted by Gasteiger charge is 2.01. The Hall–Kier alpha value is -1.79. The van der Waals surface area contributed by atoms with Gasteiger partial charge >= 0.3 is 0 Å². The minimum absolute atomic E-state index is 0.621. The summed E-state index contributed by atoms with van der Waals surface area (Å²) < 4.78 is 10.4. The third kappa shape index (κ3) is 6.32. The summed E-state index contributed by atoms with van der Waals surface area (Å²) in [6, 6.07) is 8.11. The molecule has 2 N–H and O–H groups in total. The van der Waals surface area contributed by atoms with E-state index in [2.05, 4.69) is 33.1 Å². The van der Waals surface area contributed by atoms with E-state index < -0.39 is 0 Å². The maximum atomic E-state index is 5.33. The van der Waals surface area contributed by atoms with Gasteiger partial charge in [-0.2, -0.15) is 0 Å². The monoisotopic (exact) mass is 321 g/mol. The molecule has 2 rings (SSSR count). The van der Waals surface area contributed by atoms with Crippen LogP contribution in [0.1, 0.15) is 10.6 Å². The van der Waals surface area contributed by atoms with E-state index in [9.17, 15) is 0 Å². The maximum absolute atomic E-state index is 5.33. The standard InChI is InChI=1S/C16H23N3O2S/c1-20-12-10-19-16(17-8-6-14-4-2-11-21-14)18-9-7-15-5-3-13-22-15/h2-5,11,13H,6-10,12H2,1H3,(H2,17,18,19). The van der Waals surface area contributed by atoms with Crippen molar-refractivity contribution in [3.05, 3.63) is 46.5 Å². The first-order chi connectivity index (χ1) is 10.9. The molecule has 0 radical (unpaired) electrons. The van der Waals surface area contributed by atoms with E-state index in [4.69, 9.17) is 9.15 Å². The second-order valence-electron chi connectivity index (χ2n) is 4.74. The average molecular weight is 321 g/mol. The van der Waals surface area contributed by atoms with Crippen molar-refractivity contribution in [2.45, 2.75) is 12.8 Å². The highest BCUT2D eigenvalue weighted by atomic mass is 32.1. The fraction of sp³-hybridized carbons (Fsp3) is 0.438. The van der Waals surface area contributed by atoms with E-state index in [0.29, 0.717) is 13.2 Å². The van der Waals surface area contributed by atoms with Gasteiger partial charge in [0.05, 0.1) is 19.4 Å². The Morgan fingerprint density at radius 2 is 2.09 bits per heavy atom. The lowest BCUT2D eigenvalue weighted by atomic mass is 10.3. The Labute approximate surface area is 135 Å². The van der Waals surface area contributed by atoms with E-state index in [1.165, 1.54) is 4.88 Å². The Morgan fingerprint density at radius 1 is 1.23 bits per heavy atom. The lowest BCUT2D eigenvalue weighted by Gasteiger charge is -2.12. The maximum Gasteiger partial charge on any atom is 0.191 e. The lowest BCUT2D eigenvalue weighted by Crippen LogP contribution is -2.39. The summed E-state index contributed by atoms with van der Waals surface area (Å²) in [6.45, 7) is 2.91. The van der Waals surface area contributed by atoms with Crippen molar-refractivity contribution in [3.63, 3.8) is 0 Å². The molecule has 0 unspecified atom stereocenters. The number of thiophene rings is 1. The van der Waals surface area contributed by atoms with Gasteiger partial charge in [-0.05, 0) is 30.0 Å². The minimum Gasteiger partial charge on any atom is -0.469 e. The van der Waals surface area contributed by atoms with Gasteiger partial charge in [0.25, 0.3) is 0 Å². The summed E-state index contributed by atoms with van der Waals surface area (Å²) >= 11 is 1.78. The van der Waals surface area contributed by atoms with Crippen LogP contribution in [0.5, 0.6) is 0 Å². The van der Waals surface area contributed by atoms with Crippen molar-refractivity contribution in [2.75, 3.05) is 33.4 Å². The fourth-order valence-electron chi connectivity index (χ4n) is 1.94.